The molecule has 4 aromatic rings. The lowest BCUT2D eigenvalue weighted by Crippen LogP contribution is -2.11. The molecule has 0 unspecified atom stereocenters. The van der Waals surface area contributed by atoms with Gasteiger partial charge in [-0.2, -0.15) is 0 Å². The van der Waals surface area contributed by atoms with Crippen molar-refractivity contribution in [2.45, 2.75) is 11.3 Å². The van der Waals surface area contributed by atoms with Crippen LogP contribution in [0.25, 0.3) is 17.0 Å². The molecule has 4 rings (SSSR count). The van der Waals surface area contributed by atoms with Gasteiger partial charge in [0, 0.05) is 16.7 Å². The molecule has 0 aliphatic rings. The molecule has 2 aromatic heterocycles. The van der Waals surface area contributed by atoms with Crippen LogP contribution in [-0.4, -0.2) is 21.9 Å². The van der Waals surface area contributed by atoms with E-state index in [4.69, 9.17) is 4.42 Å². The second kappa shape index (κ2) is 8.41. The van der Waals surface area contributed by atoms with E-state index in [1.54, 1.807) is 11.8 Å². The molecule has 1 amide bonds. The fourth-order valence-corrected chi connectivity index (χ4v) is 4.31. The number of para-hydroxylation sites is 1. The smallest absolute Gasteiger partial charge is 0.293 e. The molecule has 2 heterocycles. The zero-order valence-corrected chi connectivity index (χ0v) is 16.7. The van der Waals surface area contributed by atoms with Crippen molar-refractivity contribution in [3.8, 4) is 0 Å². The standard InChI is InChI=1S/C21H17N3O2S2/c1-14-16-11-5-6-12-17(16)26-18(14)19(25)22-20-23-24-21(28-20)27-13-7-10-15-8-3-2-4-9-15/h2-12H,13H2,1H3,(H,22,23,25). The van der Waals surface area contributed by atoms with Crippen molar-refractivity contribution in [1.82, 2.24) is 10.2 Å². The maximum absolute atomic E-state index is 12.5. The number of rotatable bonds is 6. The van der Waals surface area contributed by atoms with Gasteiger partial charge in [0.1, 0.15) is 5.58 Å². The Morgan fingerprint density at radius 2 is 1.93 bits per heavy atom. The predicted octanol–water partition coefficient (Wildman–Crippen LogP) is 5.65. The topological polar surface area (TPSA) is 68.0 Å². The Morgan fingerprint density at radius 1 is 1.14 bits per heavy atom. The fourth-order valence-electron chi connectivity index (χ4n) is 2.73. The minimum Gasteiger partial charge on any atom is -0.451 e. The summed E-state index contributed by atoms with van der Waals surface area (Å²) in [5, 5.41) is 12.3. The summed E-state index contributed by atoms with van der Waals surface area (Å²) in [7, 11) is 0. The van der Waals surface area contributed by atoms with E-state index in [-0.39, 0.29) is 5.91 Å². The average molecular weight is 408 g/mol. The Balaban J connectivity index is 1.37. The quantitative estimate of drug-likeness (QED) is 0.330. The van der Waals surface area contributed by atoms with E-state index in [0.29, 0.717) is 16.5 Å². The average Bonchev–Trinajstić information content (AvgIpc) is 3.30. The van der Waals surface area contributed by atoms with Crippen molar-refractivity contribution in [1.29, 1.82) is 0 Å². The number of furan rings is 1. The molecule has 0 bridgehead atoms. The molecule has 0 spiro atoms. The van der Waals surface area contributed by atoms with Crippen LogP contribution in [-0.2, 0) is 0 Å². The van der Waals surface area contributed by atoms with Gasteiger partial charge in [-0.25, -0.2) is 0 Å². The van der Waals surface area contributed by atoms with Crippen LogP contribution < -0.4 is 5.32 Å². The Morgan fingerprint density at radius 3 is 2.75 bits per heavy atom. The number of benzene rings is 2. The van der Waals surface area contributed by atoms with Crippen molar-refractivity contribution in [3.05, 3.63) is 77.6 Å². The van der Waals surface area contributed by atoms with Gasteiger partial charge in [0.05, 0.1) is 0 Å². The highest BCUT2D eigenvalue weighted by atomic mass is 32.2. The van der Waals surface area contributed by atoms with Gasteiger partial charge in [-0.1, -0.05) is 83.8 Å². The molecule has 0 atom stereocenters. The highest BCUT2D eigenvalue weighted by molar-refractivity contribution is 8.01. The van der Waals surface area contributed by atoms with Crippen molar-refractivity contribution in [2.75, 3.05) is 11.1 Å². The van der Waals surface area contributed by atoms with Gasteiger partial charge in [-0.05, 0) is 18.6 Å². The summed E-state index contributed by atoms with van der Waals surface area (Å²) in [5.41, 5.74) is 2.68. The molecule has 0 aliphatic carbocycles. The predicted molar refractivity (Wildman–Crippen MR) is 115 cm³/mol. The second-order valence-electron chi connectivity index (χ2n) is 6.00. The third kappa shape index (κ3) is 4.16. The molecule has 7 heteroatoms. The Hall–Kier alpha value is -2.90. The number of hydrogen-bond acceptors (Lipinski definition) is 6. The first-order valence-corrected chi connectivity index (χ1v) is 10.5. The van der Waals surface area contributed by atoms with Crippen LogP contribution in [0.5, 0.6) is 0 Å². The van der Waals surface area contributed by atoms with Gasteiger partial charge in [0.2, 0.25) is 5.13 Å². The van der Waals surface area contributed by atoms with Crippen LogP contribution >= 0.6 is 23.1 Å². The zero-order valence-electron chi connectivity index (χ0n) is 15.1. The van der Waals surface area contributed by atoms with Crippen LogP contribution in [0.2, 0.25) is 0 Å². The fraction of sp³-hybridized carbons (Fsp3) is 0.0952. The minimum atomic E-state index is -0.314. The number of aromatic nitrogens is 2. The first-order valence-electron chi connectivity index (χ1n) is 8.68. The van der Waals surface area contributed by atoms with Gasteiger partial charge < -0.3 is 4.42 Å². The van der Waals surface area contributed by atoms with Crippen LogP contribution in [0.3, 0.4) is 0 Å². The zero-order chi connectivity index (χ0) is 19.3. The number of carbonyl (C=O) groups excluding carboxylic acids is 1. The number of amides is 1. The van der Waals surface area contributed by atoms with Gasteiger partial charge >= 0.3 is 0 Å². The number of anilines is 1. The van der Waals surface area contributed by atoms with Crippen molar-refractivity contribution >= 4 is 51.2 Å². The summed E-state index contributed by atoms with van der Waals surface area (Å²) >= 11 is 2.92. The monoisotopic (exact) mass is 407 g/mol. The largest absolute Gasteiger partial charge is 0.451 e. The first-order chi connectivity index (χ1) is 13.7. The van der Waals surface area contributed by atoms with E-state index in [0.717, 1.165) is 26.6 Å². The number of nitrogens with zero attached hydrogens (tertiary/aromatic N) is 2. The van der Waals surface area contributed by atoms with Gasteiger partial charge in [0.15, 0.2) is 10.1 Å². The summed E-state index contributed by atoms with van der Waals surface area (Å²) in [5.74, 6) is 0.766. The summed E-state index contributed by atoms with van der Waals surface area (Å²) in [6.07, 6.45) is 4.15. The molecular formula is C21H17N3O2S2. The van der Waals surface area contributed by atoms with Gasteiger partial charge in [-0.15, -0.1) is 10.2 Å². The van der Waals surface area contributed by atoms with Crippen molar-refractivity contribution in [2.24, 2.45) is 0 Å². The third-order valence-electron chi connectivity index (χ3n) is 4.09. The lowest BCUT2D eigenvalue weighted by molar-refractivity contribution is 0.0998. The molecule has 5 nitrogen and oxygen atoms in total. The summed E-state index contributed by atoms with van der Waals surface area (Å²) in [6, 6.07) is 17.7. The van der Waals surface area contributed by atoms with E-state index < -0.39 is 0 Å². The number of fused-ring (bicyclic) bond motifs is 1. The molecule has 2 aromatic carbocycles. The summed E-state index contributed by atoms with van der Waals surface area (Å²) in [4.78, 5) is 12.5. The Bertz CT molecular complexity index is 1130. The molecule has 1 N–H and O–H groups in total. The first kappa shape index (κ1) is 18.5. The van der Waals surface area contributed by atoms with E-state index in [1.807, 2.05) is 49.4 Å². The highest BCUT2D eigenvalue weighted by Crippen LogP contribution is 2.28. The van der Waals surface area contributed by atoms with E-state index in [9.17, 15) is 4.79 Å². The number of aryl methyl sites for hydroxylation is 1. The van der Waals surface area contributed by atoms with Crippen LogP contribution in [0.4, 0.5) is 5.13 Å². The summed E-state index contributed by atoms with van der Waals surface area (Å²) in [6.45, 7) is 1.88. The lowest BCUT2D eigenvalue weighted by Gasteiger charge is -1.98. The van der Waals surface area contributed by atoms with E-state index >= 15 is 0 Å². The molecule has 0 saturated heterocycles. The molecule has 28 heavy (non-hydrogen) atoms. The van der Waals surface area contributed by atoms with Crippen LogP contribution in [0.15, 0.2) is 69.4 Å². The minimum absolute atomic E-state index is 0.302. The van der Waals surface area contributed by atoms with E-state index in [2.05, 4.69) is 39.8 Å². The number of hydrogen-bond donors (Lipinski definition) is 1. The maximum atomic E-state index is 12.5. The van der Waals surface area contributed by atoms with Crippen LogP contribution in [0.1, 0.15) is 21.7 Å². The maximum Gasteiger partial charge on any atom is 0.293 e. The van der Waals surface area contributed by atoms with Gasteiger partial charge in [0.25, 0.3) is 5.91 Å². The number of carbonyl (C=O) groups is 1. The van der Waals surface area contributed by atoms with Crippen molar-refractivity contribution < 1.29 is 9.21 Å². The van der Waals surface area contributed by atoms with Gasteiger partial charge in [-0.3, -0.25) is 10.1 Å². The molecule has 140 valence electrons. The third-order valence-corrected chi connectivity index (χ3v) is 6.01. The lowest BCUT2D eigenvalue weighted by atomic mass is 10.1. The normalized spacial score (nSPS) is 11.3. The molecule has 0 fully saturated rings. The Kier molecular flexibility index (Phi) is 5.55. The number of nitrogens with one attached hydrogen (secondary N) is 1. The highest BCUT2D eigenvalue weighted by Gasteiger charge is 2.19. The molecule has 0 saturated carbocycles. The Labute approximate surface area is 170 Å². The molecule has 0 aliphatic heterocycles. The SMILES string of the molecule is Cc1c(C(=O)Nc2nnc(SCC=Cc3ccccc3)s2)oc2ccccc12. The molecule has 0 radical (unpaired) electrons. The second-order valence-corrected chi connectivity index (χ2v) is 8.25. The van der Waals surface area contributed by atoms with E-state index in [1.165, 1.54) is 11.3 Å². The number of thioether (sulfide) groups is 1. The molecular weight excluding hydrogens is 390 g/mol. The van der Waals surface area contributed by atoms with Crippen LogP contribution in [0, 0.1) is 6.92 Å². The summed E-state index contributed by atoms with van der Waals surface area (Å²) < 4.78 is 6.49. The van der Waals surface area contributed by atoms with Crippen molar-refractivity contribution in [3.63, 3.8) is 0 Å².